The number of halogens is 1. The Morgan fingerprint density at radius 1 is 1.33 bits per heavy atom. The summed E-state index contributed by atoms with van der Waals surface area (Å²) in [6.07, 6.45) is 3.54. The fourth-order valence-electron chi connectivity index (χ4n) is 2.30. The highest BCUT2D eigenvalue weighted by Gasteiger charge is 2.12. The lowest BCUT2D eigenvalue weighted by molar-refractivity contribution is 0.183. The topological polar surface area (TPSA) is 57.0 Å². The third-order valence-electron chi connectivity index (χ3n) is 3.49. The Hall–Kier alpha value is -1.89. The second-order valence-electron chi connectivity index (χ2n) is 5.16. The minimum atomic E-state index is -0.0811. The van der Waals surface area contributed by atoms with Gasteiger partial charge in [0.2, 0.25) is 0 Å². The molecule has 0 N–H and O–H groups in total. The summed E-state index contributed by atoms with van der Waals surface area (Å²) < 4.78 is 6.78. The van der Waals surface area contributed by atoms with Gasteiger partial charge in [-0.05, 0) is 29.8 Å². The quantitative estimate of drug-likeness (QED) is 0.497. The van der Waals surface area contributed by atoms with Crippen molar-refractivity contribution in [3.05, 3.63) is 63.7 Å². The molecular formula is C17H16ClN3O2S. The summed E-state index contributed by atoms with van der Waals surface area (Å²) in [7, 11) is 1.61. The highest BCUT2D eigenvalue weighted by Crippen LogP contribution is 2.23. The maximum atomic E-state index is 12.8. The van der Waals surface area contributed by atoms with Crippen LogP contribution in [0.4, 0.5) is 0 Å². The monoisotopic (exact) mass is 361 g/mol. The van der Waals surface area contributed by atoms with E-state index in [2.05, 4.69) is 9.97 Å². The molecule has 0 saturated carbocycles. The highest BCUT2D eigenvalue weighted by atomic mass is 35.5. The molecule has 3 aromatic rings. The maximum absolute atomic E-state index is 12.8. The van der Waals surface area contributed by atoms with Gasteiger partial charge in [0, 0.05) is 30.3 Å². The number of thioether (sulfide) groups is 1. The summed E-state index contributed by atoms with van der Waals surface area (Å²) in [4.78, 5) is 21.5. The first-order valence-electron chi connectivity index (χ1n) is 7.40. The number of aromatic nitrogens is 3. The first kappa shape index (κ1) is 17.0. The lowest BCUT2D eigenvalue weighted by atomic mass is 10.2. The molecule has 0 unspecified atom stereocenters. The predicted octanol–water partition coefficient (Wildman–Crippen LogP) is 3.38. The first-order chi connectivity index (χ1) is 11.7. The molecule has 0 radical (unpaired) electrons. The zero-order chi connectivity index (χ0) is 16.9. The molecule has 5 nitrogen and oxygen atoms in total. The predicted molar refractivity (Wildman–Crippen MR) is 96.7 cm³/mol. The van der Waals surface area contributed by atoms with E-state index >= 15 is 0 Å². The average Bonchev–Trinajstić information content (AvgIpc) is 2.60. The van der Waals surface area contributed by atoms with E-state index in [1.165, 1.54) is 11.8 Å². The van der Waals surface area contributed by atoms with Gasteiger partial charge >= 0.3 is 0 Å². The molecule has 2 aromatic heterocycles. The van der Waals surface area contributed by atoms with Gasteiger partial charge in [-0.15, -0.1) is 0 Å². The number of methoxy groups -OCH3 is 1. The molecule has 124 valence electrons. The van der Waals surface area contributed by atoms with E-state index in [0.29, 0.717) is 40.0 Å². The second-order valence-corrected chi connectivity index (χ2v) is 6.53. The lowest BCUT2D eigenvalue weighted by Gasteiger charge is -2.12. The summed E-state index contributed by atoms with van der Waals surface area (Å²) in [5.41, 5.74) is 1.60. The van der Waals surface area contributed by atoms with Crippen molar-refractivity contribution < 1.29 is 4.74 Å². The van der Waals surface area contributed by atoms with Crippen molar-refractivity contribution >= 4 is 34.3 Å². The van der Waals surface area contributed by atoms with Crippen molar-refractivity contribution in [2.45, 2.75) is 17.5 Å². The molecule has 2 heterocycles. The number of benzene rings is 1. The van der Waals surface area contributed by atoms with Crippen LogP contribution >= 0.6 is 23.4 Å². The molecule has 0 saturated heterocycles. The Morgan fingerprint density at radius 3 is 2.96 bits per heavy atom. The van der Waals surface area contributed by atoms with Crippen molar-refractivity contribution in [2.24, 2.45) is 0 Å². The third kappa shape index (κ3) is 3.77. The zero-order valence-electron chi connectivity index (χ0n) is 13.1. The van der Waals surface area contributed by atoms with Crippen molar-refractivity contribution in [2.75, 3.05) is 13.7 Å². The van der Waals surface area contributed by atoms with Crippen LogP contribution in [0.25, 0.3) is 10.9 Å². The van der Waals surface area contributed by atoms with Crippen LogP contribution in [0.15, 0.2) is 52.7 Å². The molecule has 7 heteroatoms. The van der Waals surface area contributed by atoms with Gasteiger partial charge < -0.3 is 4.74 Å². The van der Waals surface area contributed by atoms with Gasteiger partial charge in [-0.25, -0.2) is 4.98 Å². The molecule has 0 spiro atoms. The number of hydrogen-bond donors (Lipinski definition) is 0. The molecule has 1 aromatic carbocycles. The second kappa shape index (κ2) is 7.79. The summed E-state index contributed by atoms with van der Waals surface area (Å²) in [6, 6.07) is 9.02. The molecular weight excluding hydrogens is 346 g/mol. The van der Waals surface area contributed by atoms with Gasteiger partial charge in [0.25, 0.3) is 5.56 Å². The number of pyridine rings is 1. The van der Waals surface area contributed by atoms with Crippen LogP contribution < -0.4 is 5.56 Å². The Bertz CT molecular complexity index is 899. The zero-order valence-corrected chi connectivity index (χ0v) is 14.7. The molecule has 0 aliphatic carbocycles. The molecule has 0 atom stereocenters. The highest BCUT2D eigenvalue weighted by molar-refractivity contribution is 7.98. The van der Waals surface area contributed by atoms with E-state index in [1.54, 1.807) is 36.1 Å². The largest absolute Gasteiger partial charge is 0.383 e. The minimum Gasteiger partial charge on any atom is -0.383 e. The minimum absolute atomic E-state index is 0.0811. The summed E-state index contributed by atoms with van der Waals surface area (Å²) in [5, 5.41) is 1.77. The Labute approximate surface area is 148 Å². The van der Waals surface area contributed by atoms with Crippen LogP contribution in [-0.4, -0.2) is 28.3 Å². The molecule has 3 rings (SSSR count). The molecule has 24 heavy (non-hydrogen) atoms. The fourth-order valence-corrected chi connectivity index (χ4v) is 3.42. The van der Waals surface area contributed by atoms with Gasteiger partial charge in [-0.2, -0.15) is 0 Å². The normalized spacial score (nSPS) is 11.1. The van der Waals surface area contributed by atoms with Crippen molar-refractivity contribution in [1.29, 1.82) is 0 Å². The van der Waals surface area contributed by atoms with Crippen molar-refractivity contribution in [1.82, 2.24) is 14.5 Å². The first-order valence-corrected chi connectivity index (χ1v) is 8.76. The number of nitrogens with zero attached hydrogens (tertiary/aromatic N) is 3. The van der Waals surface area contributed by atoms with E-state index < -0.39 is 0 Å². The number of rotatable bonds is 6. The van der Waals surface area contributed by atoms with E-state index in [9.17, 15) is 4.79 Å². The lowest BCUT2D eigenvalue weighted by Crippen LogP contribution is -2.25. The van der Waals surface area contributed by atoms with Crippen LogP contribution in [0.1, 0.15) is 5.56 Å². The van der Waals surface area contributed by atoms with Gasteiger partial charge in [0.15, 0.2) is 5.16 Å². The average molecular weight is 362 g/mol. The molecule has 0 bridgehead atoms. The van der Waals surface area contributed by atoms with Crippen molar-refractivity contribution in [3.8, 4) is 0 Å². The van der Waals surface area contributed by atoms with Crippen LogP contribution in [-0.2, 0) is 17.0 Å². The maximum Gasteiger partial charge on any atom is 0.262 e. The van der Waals surface area contributed by atoms with E-state index in [1.807, 2.05) is 18.3 Å². The Balaban J connectivity index is 2.01. The fraction of sp³-hybridized carbons (Fsp3) is 0.235. The van der Waals surface area contributed by atoms with E-state index in [-0.39, 0.29) is 5.56 Å². The van der Waals surface area contributed by atoms with Crippen molar-refractivity contribution in [3.63, 3.8) is 0 Å². The van der Waals surface area contributed by atoms with Gasteiger partial charge in [0.05, 0.1) is 24.1 Å². The molecule has 0 aliphatic rings. The smallest absolute Gasteiger partial charge is 0.262 e. The molecule has 0 amide bonds. The van der Waals surface area contributed by atoms with Crippen LogP contribution in [0, 0.1) is 0 Å². The van der Waals surface area contributed by atoms with Crippen LogP contribution in [0.3, 0.4) is 0 Å². The summed E-state index contributed by atoms with van der Waals surface area (Å²) >= 11 is 7.53. The summed E-state index contributed by atoms with van der Waals surface area (Å²) in [5.74, 6) is 0.680. The third-order valence-corrected chi connectivity index (χ3v) is 4.77. The van der Waals surface area contributed by atoms with Crippen LogP contribution in [0.5, 0.6) is 0 Å². The summed E-state index contributed by atoms with van der Waals surface area (Å²) in [6.45, 7) is 0.900. The molecule has 0 fully saturated rings. The number of fused-ring (bicyclic) bond motifs is 1. The molecule has 0 aliphatic heterocycles. The van der Waals surface area contributed by atoms with Gasteiger partial charge in [-0.1, -0.05) is 29.4 Å². The SMILES string of the molecule is COCCn1c(SCc2cccnc2)nc2cc(Cl)ccc2c1=O. The Kier molecular flexibility index (Phi) is 5.50. The van der Waals surface area contributed by atoms with E-state index in [0.717, 1.165) is 5.56 Å². The number of hydrogen-bond acceptors (Lipinski definition) is 5. The van der Waals surface area contributed by atoms with Gasteiger partial charge in [-0.3, -0.25) is 14.3 Å². The van der Waals surface area contributed by atoms with Gasteiger partial charge in [0.1, 0.15) is 0 Å². The number of ether oxygens (including phenoxy) is 1. The Morgan fingerprint density at radius 2 is 2.21 bits per heavy atom. The van der Waals surface area contributed by atoms with E-state index in [4.69, 9.17) is 16.3 Å². The standard InChI is InChI=1S/C17H16ClN3O2S/c1-23-8-7-21-16(22)14-5-4-13(18)9-15(14)20-17(21)24-11-12-3-2-6-19-10-12/h2-6,9-10H,7-8,11H2,1H3. The van der Waals surface area contributed by atoms with Crippen LogP contribution in [0.2, 0.25) is 5.02 Å².